The van der Waals surface area contributed by atoms with Crippen molar-refractivity contribution in [2.75, 3.05) is 13.1 Å². The predicted octanol–water partition coefficient (Wildman–Crippen LogP) is 3.70. The van der Waals surface area contributed by atoms with Crippen molar-refractivity contribution in [1.82, 2.24) is 4.90 Å². The Balaban J connectivity index is 2.38. The summed E-state index contributed by atoms with van der Waals surface area (Å²) < 4.78 is 0. The summed E-state index contributed by atoms with van der Waals surface area (Å²) in [5, 5.41) is 8.82. The Morgan fingerprint density at radius 2 is 1.76 bits per heavy atom. The maximum absolute atomic E-state index is 12.3. The molecule has 1 amide bonds. The number of carboxylic acids is 1. The summed E-state index contributed by atoms with van der Waals surface area (Å²) in [5.41, 5.74) is 0. The van der Waals surface area contributed by atoms with Crippen LogP contribution in [0.1, 0.15) is 71.6 Å². The Bertz CT molecular complexity index is 322. The first-order chi connectivity index (χ1) is 9.99. The molecule has 0 aromatic rings. The number of carboxylic acid groups (broad SMARTS) is 1. The molecule has 0 spiro atoms. The van der Waals surface area contributed by atoms with Crippen LogP contribution >= 0.6 is 0 Å². The van der Waals surface area contributed by atoms with Gasteiger partial charge >= 0.3 is 5.97 Å². The SMILES string of the molecule is CC(C)CCN(CCC(=O)O)C(=O)CCC1CCCCC1. The molecule has 1 rings (SSSR count). The highest BCUT2D eigenvalue weighted by Crippen LogP contribution is 2.27. The number of aliphatic carboxylic acids is 1. The zero-order valence-electron chi connectivity index (χ0n) is 13.6. The number of nitrogens with zero attached hydrogens (tertiary/aromatic N) is 1. The van der Waals surface area contributed by atoms with Gasteiger partial charge in [0.1, 0.15) is 0 Å². The summed E-state index contributed by atoms with van der Waals surface area (Å²) in [6, 6.07) is 0. The minimum atomic E-state index is -0.829. The molecule has 1 aliphatic rings. The van der Waals surface area contributed by atoms with E-state index in [0.717, 1.165) is 12.8 Å². The average Bonchev–Trinajstić information content (AvgIpc) is 2.45. The smallest absolute Gasteiger partial charge is 0.305 e. The van der Waals surface area contributed by atoms with E-state index in [9.17, 15) is 9.59 Å². The summed E-state index contributed by atoms with van der Waals surface area (Å²) in [5.74, 6) is 0.546. The van der Waals surface area contributed by atoms with Gasteiger partial charge in [-0.15, -0.1) is 0 Å². The van der Waals surface area contributed by atoms with Gasteiger partial charge in [0.15, 0.2) is 0 Å². The first kappa shape index (κ1) is 18.0. The maximum atomic E-state index is 12.3. The number of hydrogen-bond donors (Lipinski definition) is 1. The maximum Gasteiger partial charge on any atom is 0.305 e. The van der Waals surface area contributed by atoms with E-state index >= 15 is 0 Å². The lowest BCUT2D eigenvalue weighted by Crippen LogP contribution is -2.34. The molecule has 1 aliphatic carbocycles. The molecule has 0 radical (unpaired) electrons. The van der Waals surface area contributed by atoms with Gasteiger partial charge < -0.3 is 10.0 Å². The molecule has 0 aromatic carbocycles. The van der Waals surface area contributed by atoms with Gasteiger partial charge in [0.05, 0.1) is 6.42 Å². The fourth-order valence-corrected chi connectivity index (χ4v) is 2.97. The Kier molecular flexibility index (Phi) is 8.40. The molecule has 0 aromatic heterocycles. The van der Waals surface area contributed by atoms with Crippen LogP contribution < -0.4 is 0 Å². The van der Waals surface area contributed by atoms with Crippen molar-refractivity contribution in [2.24, 2.45) is 11.8 Å². The molecule has 0 atom stereocenters. The van der Waals surface area contributed by atoms with Gasteiger partial charge in [0, 0.05) is 19.5 Å². The highest BCUT2D eigenvalue weighted by molar-refractivity contribution is 5.77. The second-order valence-corrected chi connectivity index (χ2v) is 6.75. The number of rotatable bonds is 9. The van der Waals surface area contributed by atoms with Crippen LogP contribution in [-0.4, -0.2) is 35.0 Å². The van der Waals surface area contributed by atoms with Gasteiger partial charge in [-0.05, 0) is 24.7 Å². The van der Waals surface area contributed by atoms with Crippen molar-refractivity contribution in [2.45, 2.75) is 71.6 Å². The summed E-state index contributed by atoms with van der Waals surface area (Å²) in [6.07, 6.45) is 9.00. The molecule has 1 N–H and O–H groups in total. The number of amides is 1. The van der Waals surface area contributed by atoms with E-state index < -0.39 is 5.97 Å². The Morgan fingerprint density at radius 1 is 1.10 bits per heavy atom. The quantitative estimate of drug-likeness (QED) is 0.706. The van der Waals surface area contributed by atoms with Gasteiger partial charge in [-0.3, -0.25) is 9.59 Å². The third kappa shape index (κ3) is 8.08. The van der Waals surface area contributed by atoms with E-state index in [-0.39, 0.29) is 12.3 Å². The highest BCUT2D eigenvalue weighted by Gasteiger charge is 2.19. The molecular weight excluding hydrogens is 266 g/mol. The van der Waals surface area contributed by atoms with E-state index in [1.54, 1.807) is 4.90 Å². The molecule has 0 heterocycles. The molecule has 0 bridgehead atoms. The van der Waals surface area contributed by atoms with Crippen molar-refractivity contribution in [3.05, 3.63) is 0 Å². The zero-order valence-corrected chi connectivity index (χ0v) is 13.6. The van der Waals surface area contributed by atoms with E-state index in [1.165, 1.54) is 32.1 Å². The fourth-order valence-electron chi connectivity index (χ4n) is 2.97. The molecule has 4 nitrogen and oxygen atoms in total. The lowest BCUT2D eigenvalue weighted by molar-refractivity contribution is -0.138. The summed E-state index contributed by atoms with van der Waals surface area (Å²) >= 11 is 0. The minimum Gasteiger partial charge on any atom is -0.481 e. The Morgan fingerprint density at radius 3 is 2.33 bits per heavy atom. The largest absolute Gasteiger partial charge is 0.481 e. The lowest BCUT2D eigenvalue weighted by Gasteiger charge is -2.25. The van der Waals surface area contributed by atoms with Crippen molar-refractivity contribution in [3.63, 3.8) is 0 Å². The average molecular weight is 297 g/mol. The standard InChI is InChI=1S/C17H31NO3/c1-14(2)10-12-18(13-11-17(20)21)16(19)9-8-15-6-4-3-5-7-15/h14-15H,3-13H2,1-2H3,(H,20,21). The zero-order chi connectivity index (χ0) is 15.7. The van der Waals surface area contributed by atoms with Crippen molar-refractivity contribution in [3.8, 4) is 0 Å². The second kappa shape index (κ2) is 9.80. The number of hydrogen-bond acceptors (Lipinski definition) is 2. The first-order valence-corrected chi connectivity index (χ1v) is 8.48. The molecule has 1 fully saturated rings. The van der Waals surface area contributed by atoms with Crippen LogP contribution in [0.4, 0.5) is 0 Å². The normalized spacial score (nSPS) is 16.1. The molecule has 0 aliphatic heterocycles. The predicted molar refractivity (Wildman–Crippen MR) is 84.1 cm³/mol. The molecular formula is C17H31NO3. The number of carbonyl (C=O) groups is 2. The summed E-state index contributed by atoms with van der Waals surface area (Å²) in [7, 11) is 0. The Labute approximate surface area is 128 Å². The van der Waals surface area contributed by atoms with Crippen LogP contribution in [0, 0.1) is 11.8 Å². The van der Waals surface area contributed by atoms with Gasteiger partial charge in [-0.25, -0.2) is 0 Å². The molecule has 21 heavy (non-hydrogen) atoms. The van der Waals surface area contributed by atoms with Gasteiger partial charge in [0.25, 0.3) is 0 Å². The third-order valence-electron chi connectivity index (χ3n) is 4.42. The van der Waals surface area contributed by atoms with Crippen LogP contribution in [0.3, 0.4) is 0 Å². The summed E-state index contributed by atoms with van der Waals surface area (Å²) in [6.45, 7) is 5.30. The second-order valence-electron chi connectivity index (χ2n) is 6.75. The van der Waals surface area contributed by atoms with Gasteiger partial charge in [-0.2, -0.15) is 0 Å². The molecule has 1 saturated carbocycles. The van der Waals surface area contributed by atoms with E-state index in [0.29, 0.717) is 31.3 Å². The van der Waals surface area contributed by atoms with Crippen molar-refractivity contribution < 1.29 is 14.7 Å². The van der Waals surface area contributed by atoms with E-state index in [4.69, 9.17) is 5.11 Å². The van der Waals surface area contributed by atoms with Crippen LogP contribution in [0.25, 0.3) is 0 Å². The summed E-state index contributed by atoms with van der Waals surface area (Å²) in [4.78, 5) is 24.8. The molecule has 0 saturated heterocycles. The fraction of sp³-hybridized carbons (Fsp3) is 0.882. The van der Waals surface area contributed by atoms with Crippen molar-refractivity contribution in [1.29, 1.82) is 0 Å². The van der Waals surface area contributed by atoms with Crippen molar-refractivity contribution >= 4 is 11.9 Å². The van der Waals surface area contributed by atoms with Crippen LogP contribution in [0.15, 0.2) is 0 Å². The first-order valence-electron chi connectivity index (χ1n) is 8.48. The third-order valence-corrected chi connectivity index (χ3v) is 4.42. The molecule has 122 valence electrons. The Hall–Kier alpha value is -1.06. The number of carbonyl (C=O) groups excluding carboxylic acids is 1. The monoisotopic (exact) mass is 297 g/mol. The van der Waals surface area contributed by atoms with Gasteiger partial charge in [0.2, 0.25) is 5.91 Å². The van der Waals surface area contributed by atoms with E-state index in [2.05, 4.69) is 13.8 Å². The van der Waals surface area contributed by atoms with Crippen LogP contribution in [0.5, 0.6) is 0 Å². The molecule has 0 unspecified atom stereocenters. The topological polar surface area (TPSA) is 57.6 Å². The lowest BCUT2D eigenvalue weighted by atomic mass is 9.86. The highest BCUT2D eigenvalue weighted by atomic mass is 16.4. The van der Waals surface area contributed by atoms with Crippen LogP contribution in [0.2, 0.25) is 0 Å². The van der Waals surface area contributed by atoms with E-state index in [1.807, 2.05) is 0 Å². The van der Waals surface area contributed by atoms with Gasteiger partial charge in [-0.1, -0.05) is 46.0 Å². The molecule has 4 heteroatoms. The van der Waals surface area contributed by atoms with Crippen LogP contribution in [-0.2, 0) is 9.59 Å². The minimum absolute atomic E-state index is 0.0489.